The number of piperidine rings is 1. The fraction of sp³-hybridized carbons (Fsp3) is 0.667. The molecule has 0 amide bonds. The van der Waals surface area contributed by atoms with Crippen LogP contribution in [0.5, 0.6) is 0 Å². The molecule has 1 heterocycles. The van der Waals surface area contributed by atoms with E-state index in [0.717, 1.165) is 5.92 Å². The van der Waals surface area contributed by atoms with Gasteiger partial charge in [0, 0.05) is 18.6 Å². The SMILES string of the molecule is Cc1cccc([C@@H](C)NC2CCN(CC(C)C)CC2)c1. The first-order valence-corrected chi connectivity index (χ1v) is 8.09. The van der Waals surface area contributed by atoms with Crippen molar-refractivity contribution in [2.75, 3.05) is 19.6 Å². The van der Waals surface area contributed by atoms with Crippen LogP contribution in [0, 0.1) is 12.8 Å². The molecule has 1 saturated heterocycles. The van der Waals surface area contributed by atoms with E-state index in [9.17, 15) is 0 Å². The van der Waals surface area contributed by atoms with E-state index in [-0.39, 0.29) is 0 Å². The number of aryl methyl sites for hydroxylation is 1. The smallest absolute Gasteiger partial charge is 0.0294 e. The van der Waals surface area contributed by atoms with E-state index in [2.05, 4.69) is 62.2 Å². The minimum absolute atomic E-state index is 0.455. The van der Waals surface area contributed by atoms with Crippen molar-refractivity contribution in [3.05, 3.63) is 35.4 Å². The Morgan fingerprint density at radius 3 is 2.50 bits per heavy atom. The quantitative estimate of drug-likeness (QED) is 0.879. The average molecular weight is 274 g/mol. The molecule has 0 saturated carbocycles. The van der Waals surface area contributed by atoms with Gasteiger partial charge in [-0.15, -0.1) is 0 Å². The van der Waals surface area contributed by atoms with E-state index in [0.29, 0.717) is 12.1 Å². The van der Waals surface area contributed by atoms with Crippen molar-refractivity contribution in [3.63, 3.8) is 0 Å². The van der Waals surface area contributed by atoms with Gasteiger partial charge >= 0.3 is 0 Å². The highest BCUT2D eigenvalue weighted by molar-refractivity contribution is 5.24. The van der Waals surface area contributed by atoms with Crippen molar-refractivity contribution >= 4 is 0 Å². The Kier molecular flexibility index (Phi) is 5.62. The lowest BCUT2D eigenvalue weighted by molar-refractivity contribution is 0.175. The second-order valence-electron chi connectivity index (χ2n) is 6.77. The summed E-state index contributed by atoms with van der Waals surface area (Å²) in [5.74, 6) is 0.783. The lowest BCUT2D eigenvalue weighted by atomic mass is 10.00. The zero-order valence-electron chi connectivity index (χ0n) is 13.5. The van der Waals surface area contributed by atoms with Gasteiger partial charge in [-0.2, -0.15) is 0 Å². The molecule has 0 spiro atoms. The van der Waals surface area contributed by atoms with Gasteiger partial charge in [0.15, 0.2) is 0 Å². The molecule has 0 aromatic heterocycles. The van der Waals surface area contributed by atoms with Crippen molar-refractivity contribution in [1.82, 2.24) is 10.2 Å². The lowest BCUT2D eigenvalue weighted by Gasteiger charge is -2.34. The summed E-state index contributed by atoms with van der Waals surface area (Å²) in [6.45, 7) is 12.8. The van der Waals surface area contributed by atoms with E-state index in [4.69, 9.17) is 0 Å². The summed E-state index contributed by atoms with van der Waals surface area (Å²) in [7, 11) is 0. The Labute approximate surface area is 124 Å². The predicted octanol–water partition coefficient (Wildman–Crippen LogP) is 3.77. The van der Waals surface area contributed by atoms with E-state index >= 15 is 0 Å². The molecule has 1 aliphatic heterocycles. The van der Waals surface area contributed by atoms with Crippen LogP contribution in [0.3, 0.4) is 0 Å². The minimum Gasteiger partial charge on any atom is -0.307 e. The maximum absolute atomic E-state index is 3.81. The minimum atomic E-state index is 0.455. The lowest BCUT2D eigenvalue weighted by Crippen LogP contribution is -2.44. The molecule has 1 aromatic carbocycles. The van der Waals surface area contributed by atoms with Crippen LogP contribution >= 0.6 is 0 Å². The van der Waals surface area contributed by atoms with Gasteiger partial charge in [-0.05, 0) is 51.3 Å². The first-order valence-electron chi connectivity index (χ1n) is 8.09. The number of nitrogens with one attached hydrogen (secondary N) is 1. The molecule has 1 N–H and O–H groups in total. The number of likely N-dealkylation sites (tertiary alicyclic amines) is 1. The summed E-state index contributed by atoms with van der Waals surface area (Å²) in [5.41, 5.74) is 2.76. The zero-order valence-corrected chi connectivity index (χ0v) is 13.5. The van der Waals surface area contributed by atoms with Crippen LogP contribution in [0.1, 0.15) is 50.8 Å². The fourth-order valence-corrected chi connectivity index (χ4v) is 3.19. The molecule has 0 bridgehead atoms. The molecule has 1 fully saturated rings. The summed E-state index contributed by atoms with van der Waals surface area (Å²) in [6.07, 6.45) is 2.56. The second-order valence-corrected chi connectivity index (χ2v) is 6.77. The van der Waals surface area contributed by atoms with E-state index < -0.39 is 0 Å². The normalized spacial score (nSPS) is 19.4. The van der Waals surface area contributed by atoms with Crippen LogP contribution in [0.25, 0.3) is 0 Å². The monoisotopic (exact) mass is 274 g/mol. The van der Waals surface area contributed by atoms with Gasteiger partial charge in [0.2, 0.25) is 0 Å². The topological polar surface area (TPSA) is 15.3 Å². The van der Waals surface area contributed by atoms with Crippen LogP contribution in [0.4, 0.5) is 0 Å². The first kappa shape index (κ1) is 15.5. The molecule has 2 rings (SSSR count). The van der Waals surface area contributed by atoms with Crippen molar-refractivity contribution in [3.8, 4) is 0 Å². The fourth-order valence-electron chi connectivity index (χ4n) is 3.19. The summed E-state index contributed by atoms with van der Waals surface area (Å²) in [6, 6.07) is 9.99. The number of nitrogens with zero attached hydrogens (tertiary/aromatic N) is 1. The van der Waals surface area contributed by atoms with Crippen molar-refractivity contribution in [2.24, 2.45) is 5.92 Å². The van der Waals surface area contributed by atoms with E-state index in [1.807, 2.05) is 0 Å². The summed E-state index contributed by atoms with van der Waals surface area (Å²) < 4.78 is 0. The van der Waals surface area contributed by atoms with Gasteiger partial charge < -0.3 is 10.2 Å². The third kappa shape index (κ3) is 4.60. The van der Waals surface area contributed by atoms with Crippen LogP contribution in [0.15, 0.2) is 24.3 Å². The summed E-state index contributed by atoms with van der Waals surface area (Å²) >= 11 is 0. The van der Waals surface area contributed by atoms with Crippen molar-refractivity contribution in [2.45, 2.75) is 52.6 Å². The molecule has 1 aliphatic rings. The molecule has 0 aliphatic carbocycles. The maximum atomic E-state index is 3.81. The van der Waals surface area contributed by atoms with Gasteiger partial charge in [0.25, 0.3) is 0 Å². The molecular formula is C18H30N2. The summed E-state index contributed by atoms with van der Waals surface area (Å²) in [4.78, 5) is 2.61. The Bertz CT molecular complexity index is 406. The van der Waals surface area contributed by atoms with E-state index in [1.165, 1.54) is 43.6 Å². The molecule has 2 nitrogen and oxygen atoms in total. The molecule has 2 heteroatoms. The molecule has 1 atom stereocenters. The van der Waals surface area contributed by atoms with E-state index in [1.54, 1.807) is 0 Å². The Hall–Kier alpha value is -0.860. The second kappa shape index (κ2) is 7.24. The van der Waals surface area contributed by atoms with Gasteiger partial charge in [-0.1, -0.05) is 43.7 Å². The van der Waals surface area contributed by atoms with Crippen molar-refractivity contribution < 1.29 is 0 Å². The summed E-state index contributed by atoms with van der Waals surface area (Å²) in [5, 5.41) is 3.81. The Balaban J connectivity index is 1.80. The third-order valence-corrected chi connectivity index (χ3v) is 4.24. The average Bonchev–Trinajstić information content (AvgIpc) is 2.40. The molecular weight excluding hydrogens is 244 g/mol. The molecule has 112 valence electrons. The highest BCUT2D eigenvalue weighted by atomic mass is 15.1. The standard InChI is InChI=1S/C18H30N2/c1-14(2)13-20-10-8-18(9-11-20)19-16(4)17-7-5-6-15(3)12-17/h5-7,12,14,16,18-19H,8-11,13H2,1-4H3/t16-/m1/s1. The van der Waals surface area contributed by atoms with Crippen LogP contribution in [-0.2, 0) is 0 Å². The van der Waals surface area contributed by atoms with Gasteiger partial charge in [-0.3, -0.25) is 0 Å². The zero-order chi connectivity index (χ0) is 14.5. The number of hydrogen-bond donors (Lipinski definition) is 1. The number of hydrogen-bond acceptors (Lipinski definition) is 2. The molecule has 0 radical (unpaired) electrons. The van der Waals surface area contributed by atoms with Crippen LogP contribution in [0.2, 0.25) is 0 Å². The highest BCUT2D eigenvalue weighted by Crippen LogP contribution is 2.18. The number of benzene rings is 1. The Morgan fingerprint density at radius 1 is 1.20 bits per heavy atom. The van der Waals surface area contributed by atoms with Crippen LogP contribution in [-0.4, -0.2) is 30.6 Å². The van der Waals surface area contributed by atoms with Crippen LogP contribution < -0.4 is 5.32 Å². The molecule has 0 unspecified atom stereocenters. The molecule has 20 heavy (non-hydrogen) atoms. The van der Waals surface area contributed by atoms with Crippen molar-refractivity contribution in [1.29, 1.82) is 0 Å². The van der Waals surface area contributed by atoms with Gasteiger partial charge in [-0.25, -0.2) is 0 Å². The van der Waals surface area contributed by atoms with Gasteiger partial charge in [0.1, 0.15) is 0 Å². The largest absolute Gasteiger partial charge is 0.307 e. The van der Waals surface area contributed by atoms with Gasteiger partial charge in [0.05, 0.1) is 0 Å². The predicted molar refractivity (Wildman–Crippen MR) is 87.0 cm³/mol. The third-order valence-electron chi connectivity index (χ3n) is 4.24. The Morgan fingerprint density at radius 2 is 1.90 bits per heavy atom. The number of rotatable bonds is 5. The maximum Gasteiger partial charge on any atom is 0.0294 e. The highest BCUT2D eigenvalue weighted by Gasteiger charge is 2.21. The molecule has 1 aromatic rings. The first-order chi connectivity index (χ1) is 9.54.